The third-order valence-corrected chi connectivity index (χ3v) is 2.75. The first kappa shape index (κ1) is 11.8. The summed E-state index contributed by atoms with van der Waals surface area (Å²) in [5.41, 5.74) is 0. The van der Waals surface area contributed by atoms with Gasteiger partial charge < -0.3 is 5.32 Å². The second-order valence-electron chi connectivity index (χ2n) is 4.02. The number of hydrogen-bond donors (Lipinski definition) is 1. The molecule has 0 saturated carbocycles. The Morgan fingerprint density at radius 2 is 2.00 bits per heavy atom. The van der Waals surface area contributed by atoms with Crippen molar-refractivity contribution >= 4 is 17.7 Å². The van der Waals surface area contributed by atoms with Crippen molar-refractivity contribution in [1.29, 1.82) is 0 Å². The van der Waals surface area contributed by atoms with E-state index >= 15 is 0 Å². The van der Waals surface area contributed by atoms with Crippen molar-refractivity contribution in [3.05, 3.63) is 0 Å². The average molecular weight is 189 g/mol. The standard InChI is InChI=1S/C9H19NOS/c1-7(10-8(2)11)6-12-9(3,4)5/h7H,6H2,1-5H3,(H,10,11)/t7-/m1/s1. The second kappa shape index (κ2) is 4.75. The molecule has 0 saturated heterocycles. The fraction of sp³-hybridized carbons (Fsp3) is 0.889. The number of nitrogens with one attached hydrogen (secondary N) is 1. The molecule has 0 aliphatic rings. The van der Waals surface area contributed by atoms with Crippen molar-refractivity contribution in [3.8, 4) is 0 Å². The summed E-state index contributed by atoms with van der Waals surface area (Å²) in [7, 11) is 0. The summed E-state index contributed by atoms with van der Waals surface area (Å²) in [6, 6.07) is 0.270. The van der Waals surface area contributed by atoms with E-state index in [4.69, 9.17) is 0 Å². The summed E-state index contributed by atoms with van der Waals surface area (Å²) in [5, 5.41) is 2.86. The molecule has 72 valence electrons. The van der Waals surface area contributed by atoms with Gasteiger partial charge in [-0.15, -0.1) is 0 Å². The highest BCUT2D eigenvalue weighted by molar-refractivity contribution is 8.00. The van der Waals surface area contributed by atoms with Crippen molar-refractivity contribution in [2.24, 2.45) is 0 Å². The molecule has 1 N–H and O–H groups in total. The summed E-state index contributed by atoms with van der Waals surface area (Å²) in [6.45, 7) is 10.1. The van der Waals surface area contributed by atoms with E-state index < -0.39 is 0 Å². The van der Waals surface area contributed by atoms with E-state index in [2.05, 4.69) is 26.1 Å². The van der Waals surface area contributed by atoms with Crippen LogP contribution in [0.2, 0.25) is 0 Å². The van der Waals surface area contributed by atoms with Gasteiger partial charge in [0.05, 0.1) is 0 Å². The van der Waals surface area contributed by atoms with Crippen LogP contribution in [0.5, 0.6) is 0 Å². The molecule has 12 heavy (non-hydrogen) atoms. The maximum atomic E-state index is 10.7. The molecule has 1 atom stereocenters. The van der Waals surface area contributed by atoms with Crippen LogP contribution in [-0.4, -0.2) is 22.4 Å². The van der Waals surface area contributed by atoms with Crippen molar-refractivity contribution in [2.75, 3.05) is 5.75 Å². The Labute approximate surface area is 79.5 Å². The van der Waals surface area contributed by atoms with Gasteiger partial charge in [0, 0.05) is 23.5 Å². The minimum Gasteiger partial charge on any atom is -0.353 e. The highest BCUT2D eigenvalue weighted by atomic mass is 32.2. The van der Waals surface area contributed by atoms with E-state index in [-0.39, 0.29) is 16.7 Å². The number of carbonyl (C=O) groups is 1. The molecule has 0 radical (unpaired) electrons. The summed E-state index contributed by atoms with van der Waals surface area (Å²) in [4.78, 5) is 10.7. The Bertz CT molecular complexity index is 151. The zero-order valence-corrected chi connectivity index (χ0v) is 9.42. The van der Waals surface area contributed by atoms with Crippen LogP contribution < -0.4 is 5.32 Å². The van der Waals surface area contributed by atoms with Gasteiger partial charge in [0.1, 0.15) is 0 Å². The fourth-order valence-corrected chi connectivity index (χ4v) is 1.60. The fourth-order valence-electron chi connectivity index (χ4n) is 0.764. The van der Waals surface area contributed by atoms with Gasteiger partial charge in [0.15, 0.2) is 0 Å². The molecule has 0 aromatic heterocycles. The van der Waals surface area contributed by atoms with Gasteiger partial charge in [-0.3, -0.25) is 4.79 Å². The Morgan fingerprint density at radius 3 is 2.33 bits per heavy atom. The normalized spacial score (nSPS) is 14.1. The lowest BCUT2D eigenvalue weighted by Crippen LogP contribution is -2.33. The molecular formula is C9H19NOS. The van der Waals surface area contributed by atoms with Gasteiger partial charge in [0.25, 0.3) is 0 Å². The largest absolute Gasteiger partial charge is 0.353 e. The summed E-state index contributed by atoms with van der Waals surface area (Å²) in [6.07, 6.45) is 0. The van der Waals surface area contributed by atoms with Crippen LogP contribution in [-0.2, 0) is 4.79 Å². The third-order valence-electron chi connectivity index (χ3n) is 1.22. The molecule has 1 amide bonds. The van der Waals surface area contributed by atoms with Gasteiger partial charge in [0.2, 0.25) is 5.91 Å². The maximum absolute atomic E-state index is 10.7. The molecule has 3 heteroatoms. The molecule has 0 fully saturated rings. The van der Waals surface area contributed by atoms with Crippen molar-refractivity contribution in [3.63, 3.8) is 0 Å². The minimum absolute atomic E-state index is 0.0528. The number of rotatable bonds is 3. The van der Waals surface area contributed by atoms with E-state index in [0.717, 1.165) is 5.75 Å². The molecule has 0 spiro atoms. The number of thioether (sulfide) groups is 1. The number of amides is 1. The molecule has 2 nitrogen and oxygen atoms in total. The first-order valence-electron chi connectivity index (χ1n) is 4.22. The topological polar surface area (TPSA) is 29.1 Å². The zero-order chi connectivity index (χ0) is 9.78. The van der Waals surface area contributed by atoms with Crippen LogP contribution in [0.25, 0.3) is 0 Å². The van der Waals surface area contributed by atoms with Crippen LogP contribution in [0.4, 0.5) is 0 Å². The summed E-state index contributed by atoms with van der Waals surface area (Å²) >= 11 is 1.87. The number of carbonyl (C=O) groups excluding carboxylic acids is 1. The predicted molar refractivity (Wildman–Crippen MR) is 55.5 cm³/mol. The second-order valence-corrected chi connectivity index (χ2v) is 5.87. The monoisotopic (exact) mass is 189 g/mol. The Balaban J connectivity index is 3.57. The molecule has 0 unspecified atom stereocenters. The Morgan fingerprint density at radius 1 is 1.50 bits per heavy atom. The van der Waals surface area contributed by atoms with Crippen LogP contribution >= 0.6 is 11.8 Å². The smallest absolute Gasteiger partial charge is 0.217 e. The van der Waals surface area contributed by atoms with Gasteiger partial charge in [-0.05, 0) is 6.92 Å². The molecule has 0 aliphatic heterocycles. The molecule has 0 aliphatic carbocycles. The zero-order valence-electron chi connectivity index (χ0n) is 8.60. The van der Waals surface area contributed by atoms with E-state index in [1.165, 1.54) is 0 Å². The van der Waals surface area contributed by atoms with Crippen LogP contribution in [0.1, 0.15) is 34.6 Å². The SMILES string of the molecule is CC(=O)N[C@H](C)CSC(C)(C)C. The van der Waals surface area contributed by atoms with E-state index in [1.807, 2.05) is 18.7 Å². The van der Waals surface area contributed by atoms with Crippen LogP contribution in [0, 0.1) is 0 Å². The molecule has 0 aromatic rings. The predicted octanol–water partition coefficient (Wildman–Crippen LogP) is 2.04. The van der Waals surface area contributed by atoms with Crippen LogP contribution in [0.3, 0.4) is 0 Å². The Hall–Kier alpha value is -0.180. The first-order chi connectivity index (χ1) is 5.31. The lowest BCUT2D eigenvalue weighted by atomic mass is 10.3. The molecular weight excluding hydrogens is 170 g/mol. The van der Waals surface area contributed by atoms with E-state index in [0.29, 0.717) is 0 Å². The lowest BCUT2D eigenvalue weighted by molar-refractivity contribution is -0.119. The maximum Gasteiger partial charge on any atom is 0.217 e. The van der Waals surface area contributed by atoms with Gasteiger partial charge >= 0.3 is 0 Å². The van der Waals surface area contributed by atoms with Crippen molar-refractivity contribution < 1.29 is 4.79 Å². The summed E-state index contributed by atoms with van der Waals surface area (Å²) < 4.78 is 0.284. The van der Waals surface area contributed by atoms with Crippen molar-refractivity contribution in [2.45, 2.75) is 45.4 Å². The van der Waals surface area contributed by atoms with E-state index in [1.54, 1.807) is 6.92 Å². The van der Waals surface area contributed by atoms with Crippen LogP contribution in [0.15, 0.2) is 0 Å². The molecule has 0 bridgehead atoms. The minimum atomic E-state index is 0.0528. The first-order valence-corrected chi connectivity index (χ1v) is 5.21. The third kappa shape index (κ3) is 7.92. The quantitative estimate of drug-likeness (QED) is 0.736. The van der Waals surface area contributed by atoms with Gasteiger partial charge in [-0.2, -0.15) is 11.8 Å². The summed E-state index contributed by atoms with van der Waals surface area (Å²) in [5.74, 6) is 1.03. The van der Waals surface area contributed by atoms with Gasteiger partial charge in [-0.25, -0.2) is 0 Å². The lowest BCUT2D eigenvalue weighted by Gasteiger charge is -2.20. The highest BCUT2D eigenvalue weighted by Crippen LogP contribution is 2.23. The Kier molecular flexibility index (Phi) is 4.68. The van der Waals surface area contributed by atoms with E-state index in [9.17, 15) is 4.79 Å². The number of hydrogen-bond acceptors (Lipinski definition) is 2. The molecule has 0 aromatic carbocycles. The average Bonchev–Trinajstić information content (AvgIpc) is 1.80. The van der Waals surface area contributed by atoms with Gasteiger partial charge in [-0.1, -0.05) is 20.8 Å². The molecule has 0 heterocycles. The molecule has 0 rings (SSSR count). The highest BCUT2D eigenvalue weighted by Gasteiger charge is 2.12. The van der Waals surface area contributed by atoms with Crippen molar-refractivity contribution in [1.82, 2.24) is 5.32 Å².